The maximum atomic E-state index is 9.76. The Kier molecular flexibility index (Phi) is 4.70. The van der Waals surface area contributed by atoms with Crippen LogP contribution in [-0.4, -0.2) is 51.6 Å². The lowest BCUT2D eigenvalue weighted by atomic mass is 9.64. The second-order valence-corrected chi connectivity index (χ2v) is 6.29. The maximum absolute atomic E-state index is 9.76. The Labute approximate surface area is 122 Å². The Morgan fingerprint density at radius 1 is 1.45 bits per heavy atom. The summed E-state index contributed by atoms with van der Waals surface area (Å²) in [6.07, 6.45) is 4.56. The molecule has 0 spiro atoms. The summed E-state index contributed by atoms with van der Waals surface area (Å²) in [5.74, 6) is 0. The molecule has 5 nitrogen and oxygen atoms in total. The molecule has 1 heterocycles. The summed E-state index contributed by atoms with van der Waals surface area (Å²) in [6, 6.07) is 0.331. The first-order valence-electron chi connectivity index (χ1n) is 7.66. The van der Waals surface area contributed by atoms with Crippen LogP contribution in [0.4, 0.5) is 5.69 Å². The molecule has 0 aromatic carbocycles. The minimum absolute atomic E-state index is 0.0523. The van der Waals surface area contributed by atoms with Gasteiger partial charge in [-0.05, 0) is 19.5 Å². The lowest BCUT2D eigenvalue weighted by molar-refractivity contribution is -0.0510. The Morgan fingerprint density at radius 3 is 2.70 bits per heavy atom. The molecule has 1 aromatic rings. The number of aliphatic hydroxyl groups is 1. The summed E-state index contributed by atoms with van der Waals surface area (Å²) < 4.78 is 1.99. The van der Waals surface area contributed by atoms with Crippen LogP contribution in [0, 0.1) is 5.41 Å². The number of nitrogens with one attached hydrogen (secondary N) is 1. The van der Waals surface area contributed by atoms with Crippen molar-refractivity contribution in [3.63, 3.8) is 0 Å². The summed E-state index contributed by atoms with van der Waals surface area (Å²) in [4.78, 5) is 2.39. The summed E-state index contributed by atoms with van der Waals surface area (Å²) in [7, 11) is 0. The number of aromatic nitrogens is 2. The third-order valence-corrected chi connectivity index (χ3v) is 4.73. The molecule has 2 atom stereocenters. The zero-order chi connectivity index (χ0) is 14.8. The van der Waals surface area contributed by atoms with Crippen molar-refractivity contribution in [1.82, 2.24) is 14.7 Å². The molecule has 20 heavy (non-hydrogen) atoms. The maximum Gasteiger partial charge on any atom is 0.0728 e. The van der Waals surface area contributed by atoms with Crippen LogP contribution < -0.4 is 5.32 Å². The predicted octanol–water partition coefficient (Wildman–Crippen LogP) is 1.80. The van der Waals surface area contributed by atoms with Crippen molar-refractivity contribution in [2.75, 3.05) is 25.0 Å². The van der Waals surface area contributed by atoms with Gasteiger partial charge in [-0.15, -0.1) is 0 Å². The largest absolute Gasteiger partial charge is 0.392 e. The van der Waals surface area contributed by atoms with Crippen molar-refractivity contribution in [1.29, 1.82) is 0 Å². The van der Waals surface area contributed by atoms with E-state index in [-0.39, 0.29) is 11.5 Å². The highest BCUT2D eigenvalue weighted by Crippen LogP contribution is 2.42. The second kappa shape index (κ2) is 6.14. The van der Waals surface area contributed by atoms with Crippen LogP contribution in [0.3, 0.4) is 0 Å². The van der Waals surface area contributed by atoms with Crippen LogP contribution in [0.5, 0.6) is 0 Å². The van der Waals surface area contributed by atoms with E-state index in [1.54, 1.807) is 0 Å². The Bertz CT molecular complexity index is 425. The number of likely N-dealkylation sites (N-methyl/N-ethyl adjacent to an activating group) is 1. The molecule has 0 bridgehead atoms. The Balaban J connectivity index is 1.84. The number of anilines is 1. The molecule has 1 aliphatic rings. The zero-order valence-corrected chi connectivity index (χ0v) is 13.1. The molecular formula is C15H28N4O. The van der Waals surface area contributed by atoms with Crippen molar-refractivity contribution in [3.8, 4) is 0 Å². The van der Waals surface area contributed by atoms with Crippen molar-refractivity contribution in [2.24, 2.45) is 5.41 Å². The molecule has 0 saturated heterocycles. The molecule has 2 rings (SSSR count). The third kappa shape index (κ3) is 3.15. The first-order valence-corrected chi connectivity index (χ1v) is 7.66. The van der Waals surface area contributed by atoms with Gasteiger partial charge in [0.1, 0.15) is 0 Å². The fourth-order valence-electron chi connectivity index (χ4n) is 2.69. The molecule has 0 radical (unpaired) electrons. The van der Waals surface area contributed by atoms with E-state index in [0.717, 1.165) is 38.3 Å². The van der Waals surface area contributed by atoms with Crippen LogP contribution in [0.25, 0.3) is 0 Å². The van der Waals surface area contributed by atoms with Crippen LogP contribution in [-0.2, 0) is 6.54 Å². The molecule has 2 unspecified atom stereocenters. The molecule has 2 N–H and O–H groups in total. The van der Waals surface area contributed by atoms with Gasteiger partial charge >= 0.3 is 0 Å². The third-order valence-electron chi connectivity index (χ3n) is 4.73. The highest BCUT2D eigenvalue weighted by atomic mass is 16.3. The number of hydrogen-bond donors (Lipinski definition) is 2. The van der Waals surface area contributed by atoms with Crippen molar-refractivity contribution >= 4 is 5.69 Å². The summed E-state index contributed by atoms with van der Waals surface area (Å²) in [5.41, 5.74) is 0.998. The standard InChI is InChI=1S/C15H28N4O/c1-5-18(6-2)7-8-19-11-12(10-16-19)17-13-9-14(20)15(13,3)4/h10-11,13-14,17,20H,5-9H2,1-4H3. The van der Waals surface area contributed by atoms with Crippen LogP contribution in [0.2, 0.25) is 0 Å². The zero-order valence-electron chi connectivity index (χ0n) is 13.1. The number of aliphatic hydroxyl groups excluding tert-OH is 1. The van der Waals surface area contributed by atoms with E-state index >= 15 is 0 Å². The van der Waals surface area contributed by atoms with Crippen molar-refractivity contribution in [2.45, 2.75) is 52.8 Å². The molecule has 5 heteroatoms. The molecule has 1 aromatic heterocycles. The van der Waals surface area contributed by atoms with Gasteiger partial charge in [0.05, 0.1) is 24.5 Å². The van der Waals surface area contributed by atoms with E-state index in [9.17, 15) is 5.11 Å². The van der Waals surface area contributed by atoms with Gasteiger partial charge in [-0.2, -0.15) is 5.10 Å². The quantitative estimate of drug-likeness (QED) is 0.799. The van der Waals surface area contributed by atoms with Gasteiger partial charge < -0.3 is 15.3 Å². The molecular weight excluding hydrogens is 252 g/mol. The SMILES string of the molecule is CCN(CC)CCn1cc(NC2CC(O)C2(C)C)cn1. The Hall–Kier alpha value is -1.07. The molecule has 0 amide bonds. The van der Waals surface area contributed by atoms with E-state index in [0.29, 0.717) is 6.04 Å². The predicted molar refractivity (Wildman–Crippen MR) is 81.8 cm³/mol. The monoisotopic (exact) mass is 280 g/mol. The van der Waals surface area contributed by atoms with Gasteiger partial charge in [-0.3, -0.25) is 4.68 Å². The topological polar surface area (TPSA) is 53.3 Å². The molecule has 1 saturated carbocycles. The lowest BCUT2D eigenvalue weighted by Crippen LogP contribution is -2.56. The second-order valence-electron chi connectivity index (χ2n) is 6.29. The fraction of sp³-hybridized carbons (Fsp3) is 0.800. The van der Waals surface area contributed by atoms with Crippen LogP contribution in [0.15, 0.2) is 12.4 Å². The first kappa shape index (κ1) is 15.3. The van der Waals surface area contributed by atoms with Gasteiger partial charge in [0.25, 0.3) is 0 Å². The molecule has 1 aliphatic carbocycles. The normalized spacial score (nSPS) is 24.7. The highest BCUT2D eigenvalue weighted by Gasteiger charge is 2.47. The first-order chi connectivity index (χ1) is 9.47. The van der Waals surface area contributed by atoms with E-state index in [1.165, 1.54) is 0 Å². The number of rotatable bonds is 7. The molecule has 1 fully saturated rings. The smallest absolute Gasteiger partial charge is 0.0728 e. The summed E-state index contributed by atoms with van der Waals surface area (Å²) >= 11 is 0. The van der Waals surface area contributed by atoms with Crippen molar-refractivity contribution < 1.29 is 5.11 Å². The van der Waals surface area contributed by atoms with Gasteiger partial charge in [-0.1, -0.05) is 27.7 Å². The fourth-order valence-corrected chi connectivity index (χ4v) is 2.69. The van der Waals surface area contributed by atoms with Crippen LogP contribution in [0.1, 0.15) is 34.1 Å². The lowest BCUT2D eigenvalue weighted by Gasteiger charge is -2.49. The summed E-state index contributed by atoms with van der Waals surface area (Å²) in [6.45, 7) is 12.7. The minimum Gasteiger partial charge on any atom is -0.392 e. The Morgan fingerprint density at radius 2 is 2.15 bits per heavy atom. The average molecular weight is 280 g/mol. The number of hydrogen-bond acceptors (Lipinski definition) is 4. The van der Waals surface area contributed by atoms with Gasteiger partial charge in [-0.25, -0.2) is 0 Å². The average Bonchev–Trinajstić information content (AvgIpc) is 2.87. The van der Waals surface area contributed by atoms with Gasteiger partial charge in [0.15, 0.2) is 0 Å². The van der Waals surface area contributed by atoms with Crippen LogP contribution >= 0.6 is 0 Å². The molecule has 0 aliphatic heterocycles. The summed E-state index contributed by atoms with van der Waals surface area (Å²) in [5, 5.41) is 17.6. The van der Waals surface area contributed by atoms with E-state index < -0.39 is 0 Å². The van der Waals surface area contributed by atoms with Gasteiger partial charge in [0, 0.05) is 24.2 Å². The van der Waals surface area contributed by atoms with Gasteiger partial charge in [0.2, 0.25) is 0 Å². The van der Waals surface area contributed by atoms with E-state index in [4.69, 9.17) is 0 Å². The van der Waals surface area contributed by atoms with E-state index in [1.807, 2.05) is 10.9 Å². The molecule has 114 valence electrons. The van der Waals surface area contributed by atoms with E-state index in [2.05, 4.69) is 49.2 Å². The minimum atomic E-state index is -0.197. The number of nitrogens with zero attached hydrogens (tertiary/aromatic N) is 3. The van der Waals surface area contributed by atoms with Crippen molar-refractivity contribution in [3.05, 3.63) is 12.4 Å². The highest BCUT2D eigenvalue weighted by molar-refractivity contribution is 5.41.